The molecular formula is C15H20N2O3. The van der Waals surface area contributed by atoms with Crippen LogP contribution in [0.4, 0.5) is 0 Å². The summed E-state index contributed by atoms with van der Waals surface area (Å²) in [7, 11) is 0. The molecule has 1 aliphatic carbocycles. The number of benzene rings is 1. The first-order valence-electron chi connectivity index (χ1n) is 6.90. The third kappa shape index (κ3) is 3.57. The fourth-order valence-electron chi connectivity index (χ4n) is 2.10. The van der Waals surface area contributed by atoms with Crippen LogP contribution in [0.15, 0.2) is 30.3 Å². The van der Waals surface area contributed by atoms with E-state index in [-0.39, 0.29) is 24.5 Å². The third-order valence-corrected chi connectivity index (χ3v) is 3.30. The number of nitrogens with zero attached hydrogens (tertiary/aromatic N) is 1. The van der Waals surface area contributed by atoms with Gasteiger partial charge in [0.2, 0.25) is 5.91 Å². The topological polar surface area (TPSA) is 72.6 Å². The average molecular weight is 276 g/mol. The first-order valence-corrected chi connectivity index (χ1v) is 6.90. The molecule has 0 heterocycles. The fraction of sp³-hybridized carbons (Fsp3) is 0.467. The summed E-state index contributed by atoms with van der Waals surface area (Å²) in [6, 6.07) is 8.59. The number of nitrogens with two attached hydrogens (primary N) is 1. The molecule has 108 valence electrons. The molecule has 1 aromatic rings. The quantitative estimate of drug-likeness (QED) is 0.793. The predicted molar refractivity (Wildman–Crippen MR) is 74.7 cm³/mol. The van der Waals surface area contributed by atoms with Crippen molar-refractivity contribution in [2.45, 2.75) is 31.8 Å². The van der Waals surface area contributed by atoms with Crippen molar-refractivity contribution < 1.29 is 14.3 Å². The van der Waals surface area contributed by atoms with Crippen molar-refractivity contribution in [2.75, 3.05) is 13.2 Å². The van der Waals surface area contributed by atoms with Crippen molar-refractivity contribution in [1.29, 1.82) is 0 Å². The Bertz CT molecular complexity index is 471. The van der Waals surface area contributed by atoms with Gasteiger partial charge in [-0.3, -0.25) is 9.59 Å². The molecule has 20 heavy (non-hydrogen) atoms. The van der Waals surface area contributed by atoms with Gasteiger partial charge in [0.15, 0.2) is 0 Å². The highest BCUT2D eigenvalue weighted by Crippen LogP contribution is 2.29. The second-order valence-electron chi connectivity index (χ2n) is 4.89. The lowest BCUT2D eigenvalue weighted by Crippen LogP contribution is -2.43. The average Bonchev–Trinajstić information content (AvgIpc) is 3.29. The van der Waals surface area contributed by atoms with Gasteiger partial charge in [-0.1, -0.05) is 30.3 Å². The highest BCUT2D eigenvalue weighted by molar-refractivity contribution is 5.87. The monoisotopic (exact) mass is 276 g/mol. The van der Waals surface area contributed by atoms with Gasteiger partial charge in [-0.25, -0.2) is 0 Å². The number of amides is 1. The summed E-state index contributed by atoms with van der Waals surface area (Å²) in [5.74, 6) is -0.597. The number of ether oxygens (including phenoxy) is 1. The summed E-state index contributed by atoms with van der Waals surface area (Å²) in [6.07, 6.45) is 1.85. The normalized spacial score (nSPS) is 15.5. The minimum Gasteiger partial charge on any atom is -0.465 e. The molecule has 0 saturated heterocycles. The molecule has 1 fully saturated rings. The Balaban J connectivity index is 2.05. The van der Waals surface area contributed by atoms with Crippen LogP contribution >= 0.6 is 0 Å². The summed E-state index contributed by atoms with van der Waals surface area (Å²) < 4.78 is 4.91. The van der Waals surface area contributed by atoms with Crippen molar-refractivity contribution >= 4 is 11.9 Å². The number of hydrogen-bond donors (Lipinski definition) is 1. The molecule has 0 aromatic heterocycles. The molecule has 1 unspecified atom stereocenters. The van der Waals surface area contributed by atoms with Gasteiger partial charge in [-0.15, -0.1) is 0 Å². The first kappa shape index (κ1) is 14.5. The fourth-order valence-corrected chi connectivity index (χ4v) is 2.10. The SMILES string of the molecule is CCOC(=O)CN(C(=O)C(N)c1ccccc1)C1CC1. The van der Waals surface area contributed by atoms with Crippen molar-refractivity contribution in [1.82, 2.24) is 4.90 Å². The van der Waals surface area contributed by atoms with Crippen LogP contribution in [0.5, 0.6) is 0 Å². The Hall–Kier alpha value is -1.88. The Morgan fingerprint density at radius 1 is 1.35 bits per heavy atom. The van der Waals surface area contributed by atoms with Gasteiger partial charge in [0.25, 0.3) is 0 Å². The maximum atomic E-state index is 12.5. The summed E-state index contributed by atoms with van der Waals surface area (Å²) in [5.41, 5.74) is 6.77. The molecule has 1 aromatic carbocycles. The molecule has 1 aliphatic rings. The molecule has 1 saturated carbocycles. The molecule has 2 rings (SSSR count). The van der Waals surface area contributed by atoms with E-state index in [1.165, 1.54) is 0 Å². The minimum atomic E-state index is -0.730. The van der Waals surface area contributed by atoms with E-state index in [1.807, 2.05) is 30.3 Å². The number of esters is 1. The van der Waals surface area contributed by atoms with Gasteiger partial charge in [-0.05, 0) is 25.3 Å². The zero-order chi connectivity index (χ0) is 14.5. The number of rotatable bonds is 6. The van der Waals surface area contributed by atoms with Crippen LogP contribution in [0.25, 0.3) is 0 Å². The molecule has 2 N–H and O–H groups in total. The molecule has 0 aliphatic heterocycles. The van der Waals surface area contributed by atoms with E-state index < -0.39 is 6.04 Å². The Kier molecular flexibility index (Phi) is 4.74. The molecule has 0 spiro atoms. The highest BCUT2D eigenvalue weighted by atomic mass is 16.5. The van der Waals surface area contributed by atoms with E-state index in [1.54, 1.807) is 11.8 Å². The lowest BCUT2D eigenvalue weighted by molar-refractivity contribution is -0.149. The number of carbonyl (C=O) groups excluding carboxylic acids is 2. The third-order valence-electron chi connectivity index (χ3n) is 3.30. The molecule has 5 nitrogen and oxygen atoms in total. The van der Waals surface area contributed by atoms with Gasteiger partial charge in [-0.2, -0.15) is 0 Å². The molecule has 1 amide bonds. The Morgan fingerprint density at radius 3 is 2.55 bits per heavy atom. The van der Waals surface area contributed by atoms with Gasteiger partial charge < -0.3 is 15.4 Å². The first-order chi connectivity index (χ1) is 9.63. The van der Waals surface area contributed by atoms with Crippen LogP contribution < -0.4 is 5.73 Å². The van der Waals surface area contributed by atoms with Gasteiger partial charge >= 0.3 is 5.97 Å². The van der Waals surface area contributed by atoms with Crippen LogP contribution in [0.2, 0.25) is 0 Å². The highest BCUT2D eigenvalue weighted by Gasteiger charge is 2.36. The zero-order valence-electron chi connectivity index (χ0n) is 11.6. The molecule has 0 radical (unpaired) electrons. The second-order valence-corrected chi connectivity index (χ2v) is 4.89. The Morgan fingerprint density at radius 2 is 2.00 bits per heavy atom. The van der Waals surface area contributed by atoms with Gasteiger partial charge in [0, 0.05) is 6.04 Å². The van der Waals surface area contributed by atoms with E-state index in [9.17, 15) is 9.59 Å². The smallest absolute Gasteiger partial charge is 0.325 e. The summed E-state index contributed by atoms with van der Waals surface area (Å²) in [5, 5.41) is 0. The predicted octanol–water partition coefficient (Wildman–Crippen LogP) is 1.24. The largest absolute Gasteiger partial charge is 0.465 e. The molecule has 1 atom stereocenters. The van der Waals surface area contributed by atoms with E-state index in [4.69, 9.17) is 10.5 Å². The van der Waals surface area contributed by atoms with Crippen molar-refractivity contribution in [2.24, 2.45) is 5.73 Å². The van der Waals surface area contributed by atoms with Gasteiger partial charge in [0.1, 0.15) is 12.6 Å². The van der Waals surface area contributed by atoms with E-state index in [2.05, 4.69) is 0 Å². The molecular weight excluding hydrogens is 256 g/mol. The molecule has 5 heteroatoms. The summed E-state index contributed by atoms with van der Waals surface area (Å²) >= 11 is 0. The van der Waals surface area contributed by atoms with Crippen LogP contribution in [0.1, 0.15) is 31.4 Å². The van der Waals surface area contributed by atoms with Crippen molar-refractivity contribution in [3.8, 4) is 0 Å². The van der Waals surface area contributed by atoms with E-state index in [0.717, 1.165) is 18.4 Å². The summed E-state index contributed by atoms with van der Waals surface area (Å²) in [6.45, 7) is 2.05. The van der Waals surface area contributed by atoms with Crippen LogP contribution in [0, 0.1) is 0 Å². The molecule has 0 bridgehead atoms. The minimum absolute atomic E-state index is 0.0160. The zero-order valence-corrected chi connectivity index (χ0v) is 11.6. The lowest BCUT2D eigenvalue weighted by atomic mass is 10.1. The van der Waals surface area contributed by atoms with Crippen LogP contribution in [-0.2, 0) is 14.3 Å². The second kappa shape index (κ2) is 6.52. The Labute approximate surface area is 118 Å². The van der Waals surface area contributed by atoms with Crippen LogP contribution in [0.3, 0.4) is 0 Å². The van der Waals surface area contributed by atoms with Crippen molar-refractivity contribution in [3.05, 3.63) is 35.9 Å². The number of carbonyl (C=O) groups is 2. The van der Waals surface area contributed by atoms with E-state index in [0.29, 0.717) is 6.61 Å². The maximum absolute atomic E-state index is 12.5. The standard InChI is InChI=1S/C15H20N2O3/c1-2-20-13(18)10-17(12-8-9-12)15(19)14(16)11-6-4-3-5-7-11/h3-7,12,14H,2,8-10,16H2,1H3. The van der Waals surface area contributed by atoms with Crippen LogP contribution in [-0.4, -0.2) is 36.0 Å². The summed E-state index contributed by atoms with van der Waals surface area (Å²) in [4.78, 5) is 25.6. The van der Waals surface area contributed by atoms with E-state index >= 15 is 0 Å². The maximum Gasteiger partial charge on any atom is 0.325 e. The van der Waals surface area contributed by atoms with Crippen molar-refractivity contribution in [3.63, 3.8) is 0 Å². The number of hydrogen-bond acceptors (Lipinski definition) is 4. The van der Waals surface area contributed by atoms with Gasteiger partial charge in [0.05, 0.1) is 6.61 Å². The lowest BCUT2D eigenvalue weighted by Gasteiger charge is -2.24.